The normalized spacial score (nSPS) is 19.1. The maximum absolute atomic E-state index is 13.7. The fourth-order valence-electron chi connectivity index (χ4n) is 4.07. The van der Waals surface area contributed by atoms with Crippen LogP contribution in [0.5, 0.6) is 0 Å². The third kappa shape index (κ3) is 8.03. The van der Waals surface area contributed by atoms with E-state index in [4.69, 9.17) is 9.16 Å². The second-order valence-electron chi connectivity index (χ2n) is 11.7. The van der Waals surface area contributed by atoms with Gasteiger partial charge in [0.2, 0.25) is 10.0 Å². The van der Waals surface area contributed by atoms with Crippen LogP contribution in [0.25, 0.3) is 17.3 Å². The van der Waals surface area contributed by atoms with E-state index in [1.807, 2.05) is 19.9 Å². The van der Waals surface area contributed by atoms with Crippen molar-refractivity contribution in [3.8, 4) is 11.3 Å². The van der Waals surface area contributed by atoms with Crippen molar-refractivity contribution >= 4 is 30.4 Å². The fraction of sp³-hybridized carbons (Fsp3) is 0.536. The molecule has 39 heavy (non-hydrogen) atoms. The molecule has 1 aromatic heterocycles. The summed E-state index contributed by atoms with van der Waals surface area (Å²) < 4.78 is 52.7. The van der Waals surface area contributed by atoms with Gasteiger partial charge in [0.1, 0.15) is 23.5 Å². The predicted molar refractivity (Wildman–Crippen MR) is 153 cm³/mol. The Kier molecular flexibility index (Phi) is 9.52. The largest absolute Gasteiger partial charge is 0.458 e. The van der Waals surface area contributed by atoms with Gasteiger partial charge in [-0.05, 0) is 61.4 Å². The fourth-order valence-corrected chi connectivity index (χ4v) is 6.05. The number of benzene rings is 1. The molecule has 8 nitrogen and oxygen atoms in total. The second-order valence-corrected chi connectivity index (χ2v) is 18.4. The Labute approximate surface area is 232 Å². The molecule has 0 saturated carbocycles. The summed E-state index contributed by atoms with van der Waals surface area (Å²) in [5.74, 6) is -1.04. The topological polar surface area (TPSA) is 107 Å². The zero-order chi connectivity index (χ0) is 29.2. The summed E-state index contributed by atoms with van der Waals surface area (Å²) in [7, 11) is -4.37. The number of carbonyl (C=O) groups excluding carboxylic acids is 1. The quantitative estimate of drug-likeness (QED) is 0.307. The standard InChI is InChI=1S/C28H40FN3O5SSi/c1-18(2)26-23(14-13-21-15-22(16-25(33)36-21)37-39(7,8)28(3,4)5)27(19-9-11-20(29)12-10-19)32-24(31-26)17-38(34,35)30-6/h9-14,18,21-22,30H,15-17H2,1-8H3/b14-13+/t21-,22-/m1/s1. The molecule has 1 aliphatic heterocycles. The first-order chi connectivity index (χ1) is 18.0. The number of sulfonamides is 1. The number of nitrogens with zero attached hydrogens (tertiary/aromatic N) is 2. The van der Waals surface area contributed by atoms with E-state index < -0.39 is 36.0 Å². The lowest BCUT2D eigenvalue weighted by Crippen LogP contribution is -2.46. The van der Waals surface area contributed by atoms with Crippen LogP contribution in [-0.2, 0) is 29.7 Å². The first-order valence-corrected chi connectivity index (χ1v) is 17.7. The maximum Gasteiger partial charge on any atom is 0.308 e. The van der Waals surface area contributed by atoms with E-state index in [0.29, 0.717) is 28.9 Å². The van der Waals surface area contributed by atoms with Crippen molar-refractivity contribution in [3.63, 3.8) is 0 Å². The van der Waals surface area contributed by atoms with Crippen LogP contribution >= 0.6 is 0 Å². The highest BCUT2D eigenvalue weighted by Crippen LogP contribution is 2.39. The number of rotatable bonds is 9. The zero-order valence-electron chi connectivity index (χ0n) is 24.0. The summed E-state index contributed by atoms with van der Waals surface area (Å²) in [6, 6.07) is 5.85. The number of hydrogen-bond donors (Lipinski definition) is 1. The van der Waals surface area contributed by atoms with Gasteiger partial charge in [-0.25, -0.2) is 27.5 Å². The van der Waals surface area contributed by atoms with Crippen molar-refractivity contribution in [1.29, 1.82) is 0 Å². The van der Waals surface area contributed by atoms with Crippen LogP contribution in [0.1, 0.15) is 70.5 Å². The molecule has 1 saturated heterocycles. The summed E-state index contributed by atoms with van der Waals surface area (Å²) in [6.07, 6.45) is 3.61. The first kappa shape index (κ1) is 31.1. The minimum atomic E-state index is -3.62. The highest BCUT2D eigenvalue weighted by atomic mass is 32.2. The molecule has 2 heterocycles. The number of ether oxygens (including phenoxy) is 1. The van der Waals surface area contributed by atoms with Gasteiger partial charge in [-0.15, -0.1) is 0 Å². The molecule has 1 aromatic carbocycles. The van der Waals surface area contributed by atoms with Crippen LogP contribution < -0.4 is 4.72 Å². The summed E-state index contributed by atoms with van der Waals surface area (Å²) >= 11 is 0. The molecule has 3 rings (SSSR count). The molecule has 1 fully saturated rings. The van der Waals surface area contributed by atoms with Crippen LogP contribution in [0.3, 0.4) is 0 Å². The molecule has 0 amide bonds. The number of nitrogens with one attached hydrogen (secondary N) is 1. The van der Waals surface area contributed by atoms with Gasteiger partial charge in [-0.3, -0.25) is 4.79 Å². The molecule has 2 atom stereocenters. The molecule has 1 aliphatic rings. The van der Waals surface area contributed by atoms with Crippen molar-refractivity contribution < 1.29 is 26.8 Å². The van der Waals surface area contributed by atoms with E-state index in [1.165, 1.54) is 19.2 Å². The van der Waals surface area contributed by atoms with Crippen molar-refractivity contribution in [1.82, 2.24) is 14.7 Å². The predicted octanol–water partition coefficient (Wildman–Crippen LogP) is 5.56. The molecule has 0 radical (unpaired) electrons. The number of esters is 1. The van der Waals surface area contributed by atoms with E-state index in [0.717, 1.165) is 0 Å². The monoisotopic (exact) mass is 577 g/mol. The Morgan fingerprint density at radius 1 is 1.21 bits per heavy atom. The van der Waals surface area contributed by atoms with E-state index in [1.54, 1.807) is 18.2 Å². The summed E-state index contributed by atoms with van der Waals surface area (Å²) in [6.45, 7) is 14.7. The van der Waals surface area contributed by atoms with Crippen molar-refractivity contribution in [2.24, 2.45) is 0 Å². The molecule has 2 aromatic rings. The molecule has 0 spiro atoms. The first-order valence-electron chi connectivity index (χ1n) is 13.1. The lowest BCUT2D eigenvalue weighted by molar-refractivity contribution is -0.155. The van der Waals surface area contributed by atoms with Gasteiger partial charge in [0, 0.05) is 17.5 Å². The highest BCUT2D eigenvalue weighted by Gasteiger charge is 2.41. The van der Waals surface area contributed by atoms with Gasteiger partial charge < -0.3 is 9.16 Å². The molecule has 1 N–H and O–H groups in total. The van der Waals surface area contributed by atoms with Crippen LogP contribution in [0.2, 0.25) is 18.1 Å². The minimum absolute atomic E-state index is 0.00970. The Morgan fingerprint density at radius 3 is 2.41 bits per heavy atom. The molecular weight excluding hydrogens is 537 g/mol. The summed E-state index contributed by atoms with van der Waals surface area (Å²) in [5.41, 5.74) is 2.38. The van der Waals surface area contributed by atoms with E-state index in [2.05, 4.69) is 48.6 Å². The van der Waals surface area contributed by atoms with E-state index in [-0.39, 0.29) is 35.3 Å². The van der Waals surface area contributed by atoms with Crippen molar-refractivity contribution in [2.75, 3.05) is 7.05 Å². The van der Waals surface area contributed by atoms with Gasteiger partial charge in [0.15, 0.2) is 8.32 Å². The van der Waals surface area contributed by atoms with Crippen molar-refractivity contribution in [2.45, 2.75) is 89.5 Å². The summed E-state index contributed by atoms with van der Waals surface area (Å²) in [4.78, 5) is 21.7. The van der Waals surface area contributed by atoms with Gasteiger partial charge in [-0.1, -0.05) is 40.7 Å². The van der Waals surface area contributed by atoms with Gasteiger partial charge >= 0.3 is 5.97 Å². The van der Waals surface area contributed by atoms with Crippen molar-refractivity contribution in [3.05, 3.63) is 53.2 Å². The van der Waals surface area contributed by atoms with Gasteiger partial charge in [-0.2, -0.15) is 0 Å². The van der Waals surface area contributed by atoms with E-state index >= 15 is 0 Å². The number of aromatic nitrogens is 2. The van der Waals surface area contributed by atoms with Crippen LogP contribution in [-0.4, -0.2) is 51.9 Å². The number of cyclic esters (lactones) is 1. The maximum atomic E-state index is 13.7. The van der Waals surface area contributed by atoms with E-state index in [9.17, 15) is 17.6 Å². The molecule has 214 valence electrons. The molecule has 11 heteroatoms. The lowest BCUT2D eigenvalue weighted by atomic mass is 9.96. The highest BCUT2D eigenvalue weighted by molar-refractivity contribution is 7.88. The average molecular weight is 578 g/mol. The minimum Gasteiger partial charge on any atom is -0.458 e. The van der Waals surface area contributed by atoms with Gasteiger partial charge in [0.25, 0.3) is 0 Å². The van der Waals surface area contributed by atoms with Crippen LogP contribution in [0.4, 0.5) is 4.39 Å². The lowest BCUT2D eigenvalue weighted by Gasteiger charge is -2.40. The average Bonchev–Trinajstić information content (AvgIpc) is 2.81. The Hall–Kier alpha value is -2.47. The second kappa shape index (κ2) is 12.0. The molecule has 0 aliphatic carbocycles. The number of hydrogen-bond acceptors (Lipinski definition) is 7. The smallest absolute Gasteiger partial charge is 0.308 e. The molecular formula is C28H40FN3O5SSi. The Bertz CT molecular complexity index is 1320. The number of halogens is 1. The third-order valence-corrected chi connectivity index (χ3v) is 13.0. The number of carbonyl (C=O) groups is 1. The zero-order valence-corrected chi connectivity index (χ0v) is 25.9. The third-order valence-electron chi connectivity index (χ3n) is 7.23. The molecule has 0 bridgehead atoms. The molecule has 0 unspecified atom stereocenters. The Balaban J connectivity index is 2.03. The Morgan fingerprint density at radius 2 is 1.85 bits per heavy atom. The van der Waals surface area contributed by atoms with Gasteiger partial charge in [0.05, 0.1) is 23.9 Å². The van der Waals surface area contributed by atoms with Crippen LogP contribution in [0, 0.1) is 5.82 Å². The summed E-state index contributed by atoms with van der Waals surface area (Å²) in [5, 5.41) is 0.00970. The SMILES string of the molecule is CNS(=O)(=O)Cc1nc(-c2ccc(F)cc2)c(/C=C/[C@@H]2C[C@@H](O[Si](C)(C)C(C)(C)C)CC(=O)O2)c(C(C)C)n1. The van der Waals surface area contributed by atoms with Crippen LogP contribution in [0.15, 0.2) is 30.3 Å².